The van der Waals surface area contributed by atoms with Crippen LogP contribution >= 0.6 is 11.8 Å². The van der Waals surface area contributed by atoms with Crippen molar-refractivity contribution < 1.29 is 9.53 Å². The van der Waals surface area contributed by atoms with Crippen molar-refractivity contribution in [3.8, 4) is 11.8 Å². The average molecular weight is 408 g/mol. The number of benzene rings is 1. The minimum atomic E-state index is -0.111. The summed E-state index contributed by atoms with van der Waals surface area (Å²) < 4.78 is 4.95. The van der Waals surface area contributed by atoms with Crippen LogP contribution in [0.5, 0.6) is 0 Å². The molecule has 1 aromatic heterocycles. The highest BCUT2D eigenvalue weighted by molar-refractivity contribution is 7.99. The third-order valence-corrected chi connectivity index (χ3v) is 6.33. The molecule has 0 saturated heterocycles. The van der Waals surface area contributed by atoms with Gasteiger partial charge in [0.15, 0.2) is 0 Å². The van der Waals surface area contributed by atoms with E-state index in [-0.39, 0.29) is 11.4 Å². The lowest BCUT2D eigenvalue weighted by atomic mass is 9.81. The maximum Gasteiger partial charge on any atom is 0.305 e. The Hall–Kier alpha value is -2.25. The molecular formula is C25H29NO2S. The highest BCUT2D eigenvalue weighted by Gasteiger charge is 2.27. The molecule has 0 unspecified atom stereocenters. The van der Waals surface area contributed by atoms with Gasteiger partial charge in [0.2, 0.25) is 0 Å². The number of aromatic nitrogens is 1. The lowest BCUT2D eigenvalue weighted by Gasteiger charge is -2.32. The van der Waals surface area contributed by atoms with Gasteiger partial charge in [-0.05, 0) is 85.1 Å². The molecular weight excluding hydrogens is 378 g/mol. The molecule has 2 aromatic rings. The van der Waals surface area contributed by atoms with Gasteiger partial charge in [-0.1, -0.05) is 25.8 Å². The number of hydrogen-bond acceptors (Lipinski definition) is 4. The molecule has 152 valence electrons. The summed E-state index contributed by atoms with van der Waals surface area (Å²) >= 11 is 1.94. The summed E-state index contributed by atoms with van der Waals surface area (Å²) in [4.78, 5) is 17.2. The Morgan fingerprint density at radius 2 is 2.07 bits per heavy atom. The minimum Gasteiger partial charge on any atom is -0.466 e. The first-order chi connectivity index (χ1) is 14.0. The van der Waals surface area contributed by atoms with E-state index in [1.54, 1.807) is 0 Å². The van der Waals surface area contributed by atoms with Crippen LogP contribution in [0.15, 0.2) is 41.4 Å². The summed E-state index contributed by atoms with van der Waals surface area (Å²) in [7, 11) is 0. The van der Waals surface area contributed by atoms with E-state index in [2.05, 4.69) is 54.9 Å². The van der Waals surface area contributed by atoms with Gasteiger partial charge in [-0.2, -0.15) is 0 Å². The van der Waals surface area contributed by atoms with Crippen LogP contribution in [0.4, 0.5) is 0 Å². The Morgan fingerprint density at radius 3 is 2.83 bits per heavy atom. The highest BCUT2D eigenvalue weighted by atomic mass is 32.2. The molecule has 1 aliphatic rings. The number of nitrogens with zero attached hydrogens (tertiary/aromatic N) is 1. The number of carbonyl (C=O) groups is 1. The fraction of sp³-hybridized carbons (Fsp3) is 0.440. The van der Waals surface area contributed by atoms with Gasteiger partial charge in [0, 0.05) is 23.1 Å². The van der Waals surface area contributed by atoms with E-state index >= 15 is 0 Å². The number of hydrogen-bond donors (Lipinski definition) is 0. The molecule has 0 radical (unpaired) electrons. The number of ether oxygens (including phenoxy) is 1. The van der Waals surface area contributed by atoms with Crippen molar-refractivity contribution >= 4 is 17.7 Å². The quantitative estimate of drug-likeness (QED) is 0.358. The van der Waals surface area contributed by atoms with Gasteiger partial charge in [0.05, 0.1) is 6.61 Å². The molecule has 0 N–H and O–H groups in total. The van der Waals surface area contributed by atoms with Gasteiger partial charge in [-0.15, -0.1) is 11.8 Å². The summed E-state index contributed by atoms with van der Waals surface area (Å²) in [5, 5.41) is 0. The minimum absolute atomic E-state index is 0.111. The summed E-state index contributed by atoms with van der Waals surface area (Å²) in [5.41, 5.74) is 4.63. The van der Waals surface area contributed by atoms with Gasteiger partial charge in [0.1, 0.15) is 5.69 Å². The van der Waals surface area contributed by atoms with E-state index in [0.717, 1.165) is 30.5 Å². The van der Waals surface area contributed by atoms with Crippen LogP contribution in [0.3, 0.4) is 0 Å². The van der Waals surface area contributed by atoms with Crippen LogP contribution in [0.1, 0.15) is 68.8 Å². The number of unbranched alkanes of at least 4 members (excludes halogenated alkanes) is 1. The first-order valence-electron chi connectivity index (χ1n) is 10.4. The zero-order valence-corrected chi connectivity index (χ0v) is 18.4. The number of carbonyl (C=O) groups excluding carboxylic acids is 1. The van der Waals surface area contributed by atoms with E-state index in [0.29, 0.717) is 13.0 Å². The van der Waals surface area contributed by atoms with Crippen LogP contribution in [0.2, 0.25) is 0 Å². The van der Waals surface area contributed by atoms with Crippen LogP contribution < -0.4 is 0 Å². The Bertz CT molecular complexity index is 907. The number of pyridine rings is 1. The molecule has 0 saturated carbocycles. The Balaban J connectivity index is 1.57. The van der Waals surface area contributed by atoms with Gasteiger partial charge < -0.3 is 4.74 Å². The van der Waals surface area contributed by atoms with E-state index in [4.69, 9.17) is 4.74 Å². The predicted molar refractivity (Wildman–Crippen MR) is 119 cm³/mol. The Kier molecular flexibility index (Phi) is 7.39. The van der Waals surface area contributed by atoms with Gasteiger partial charge >= 0.3 is 5.97 Å². The Labute approximate surface area is 178 Å². The second-order valence-corrected chi connectivity index (χ2v) is 9.14. The number of fused-ring (bicyclic) bond motifs is 1. The topological polar surface area (TPSA) is 39.2 Å². The van der Waals surface area contributed by atoms with Crippen LogP contribution in [-0.2, 0) is 21.4 Å². The molecule has 0 atom stereocenters. The zero-order chi connectivity index (χ0) is 20.7. The molecule has 2 heterocycles. The second kappa shape index (κ2) is 9.98. The van der Waals surface area contributed by atoms with Crippen molar-refractivity contribution in [3.63, 3.8) is 0 Å². The molecule has 0 spiro atoms. The standard InChI is InChI=1S/C25H29NO2S/c1-4-28-24(27)8-6-5-7-20-10-13-21(26-18-20)12-9-19-11-14-23-22(17-19)25(2,3)15-16-29-23/h10-11,13-14,17-18H,4-8,15-16H2,1-3H3. The molecule has 0 fully saturated rings. The van der Waals surface area contributed by atoms with Crippen LogP contribution in [0, 0.1) is 11.8 Å². The predicted octanol–water partition coefficient (Wildman–Crippen LogP) is 5.53. The number of aryl methyl sites for hydroxylation is 1. The molecule has 1 aliphatic heterocycles. The van der Waals surface area contributed by atoms with Crippen molar-refractivity contribution in [2.75, 3.05) is 12.4 Å². The zero-order valence-electron chi connectivity index (χ0n) is 17.6. The summed E-state index contributed by atoms with van der Waals surface area (Å²) in [6.07, 6.45) is 6.28. The van der Waals surface area contributed by atoms with Crippen molar-refractivity contribution in [3.05, 3.63) is 58.9 Å². The van der Waals surface area contributed by atoms with Gasteiger partial charge in [-0.3, -0.25) is 4.79 Å². The summed E-state index contributed by atoms with van der Waals surface area (Å²) in [5.74, 6) is 7.54. The molecule has 0 amide bonds. The number of thioether (sulfide) groups is 1. The maximum atomic E-state index is 11.4. The smallest absolute Gasteiger partial charge is 0.305 e. The largest absolute Gasteiger partial charge is 0.466 e. The third kappa shape index (κ3) is 6.11. The number of rotatable bonds is 6. The van der Waals surface area contributed by atoms with Crippen molar-refractivity contribution in [1.29, 1.82) is 0 Å². The maximum absolute atomic E-state index is 11.4. The molecule has 3 rings (SSSR count). The highest BCUT2D eigenvalue weighted by Crippen LogP contribution is 2.41. The van der Waals surface area contributed by atoms with Crippen molar-refractivity contribution in [2.45, 2.75) is 63.2 Å². The average Bonchev–Trinajstić information content (AvgIpc) is 2.71. The lowest BCUT2D eigenvalue weighted by molar-refractivity contribution is -0.143. The molecule has 3 nitrogen and oxygen atoms in total. The summed E-state index contributed by atoms with van der Waals surface area (Å²) in [6.45, 7) is 6.92. The van der Waals surface area contributed by atoms with E-state index in [9.17, 15) is 4.79 Å². The first-order valence-corrected chi connectivity index (χ1v) is 11.4. The number of esters is 1. The van der Waals surface area contributed by atoms with Crippen molar-refractivity contribution in [1.82, 2.24) is 4.98 Å². The van der Waals surface area contributed by atoms with Crippen LogP contribution in [-0.4, -0.2) is 23.3 Å². The molecule has 4 heteroatoms. The van der Waals surface area contributed by atoms with E-state index in [1.165, 1.54) is 28.2 Å². The Morgan fingerprint density at radius 1 is 1.21 bits per heavy atom. The lowest BCUT2D eigenvalue weighted by Crippen LogP contribution is -2.22. The summed E-state index contributed by atoms with van der Waals surface area (Å²) in [6, 6.07) is 10.6. The SMILES string of the molecule is CCOC(=O)CCCCc1ccc(C#Cc2ccc3c(c2)C(C)(C)CCS3)nc1. The third-order valence-electron chi connectivity index (χ3n) is 5.25. The molecule has 0 bridgehead atoms. The van der Waals surface area contributed by atoms with E-state index < -0.39 is 0 Å². The van der Waals surface area contributed by atoms with E-state index in [1.807, 2.05) is 30.9 Å². The van der Waals surface area contributed by atoms with Gasteiger partial charge in [-0.25, -0.2) is 4.98 Å². The fourth-order valence-corrected chi connectivity index (χ4v) is 4.91. The molecule has 1 aromatic carbocycles. The second-order valence-electron chi connectivity index (χ2n) is 8.01. The molecule has 0 aliphatic carbocycles. The fourth-order valence-electron chi connectivity index (χ4n) is 3.43. The van der Waals surface area contributed by atoms with Crippen molar-refractivity contribution in [2.24, 2.45) is 0 Å². The normalized spacial score (nSPS) is 14.4. The monoisotopic (exact) mass is 407 g/mol. The van der Waals surface area contributed by atoms with Crippen LogP contribution in [0.25, 0.3) is 0 Å². The van der Waals surface area contributed by atoms with Gasteiger partial charge in [0.25, 0.3) is 0 Å². The molecule has 29 heavy (non-hydrogen) atoms. The first kappa shape index (κ1) is 21.5.